The first-order chi connectivity index (χ1) is 13.4. The highest BCUT2D eigenvalue weighted by atomic mass is 16.3. The number of rotatable bonds is 6. The Kier molecular flexibility index (Phi) is 4.10. The minimum absolute atomic E-state index is 0.158. The van der Waals surface area contributed by atoms with E-state index in [0.717, 1.165) is 55.5 Å². The summed E-state index contributed by atoms with van der Waals surface area (Å²) in [6.07, 6.45) is 8.11. The quantitative estimate of drug-likeness (QED) is 0.741. The Labute approximate surface area is 165 Å². The van der Waals surface area contributed by atoms with Gasteiger partial charge in [0, 0.05) is 13.0 Å². The number of carbonyl (C=O) groups excluding carboxylic acids is 1. The maximum Gasteiger partial charge on any atom is 0.226 e. The molecule has 2 N–H and O–H groups in total. The number of nitrogens with zero attached hydrogens (tertiary/aromatic N) is 1. The van der Waals surface area contributed by atoms with Crippen LogP contribution >= 0.6 is 0 Å². The number of hydrogen-bond acceptors (Lipinski definition) is 4. The second-order valence-electron chi connectivity index (χ2n) is 9.80. The summed E-state index contributed by atoms with van der Waals surface area (Å²) in [7, 11) is 0. The van der Waals surface area contributed by atoms with Crippen molar-refractivity contribution in [3.05, 3.63) is 30.2 Å². The standard InChI is InChI=1S/C23H30N2O3/c1-2-21-10-16-11-22(13-21,15-23(27,12-16)14-21)20(26)24-9-5-8-19-25-17-6-3-4-7-18(17)28-19/h3-4,6-7,16,27H,2,5,8-15H2,1H3,(H,24,26). The summed E-state index contributed by atoms with van der Waals surface area (Å²) in [6, 6.07) is 7.78. The van der Waals surface area contributed by atoms with Gasteiger partial charge < -0.3 is 14.8 Å². The first kappa shape index (κ1) is 18.2. The van der Waals surface area contributed by atoms with Crippen LogP contribution in [0.4, 0.5) is 0 Å². The smallest absolute Gasteiger partial charge is 0.226 e. The van der Waals surface area contributed by atoms with Crippen molar-refractivity contribution in [2.75, 3.05) is 6.54 Å². The van der Waals surface area contributed by atoms with E-state index in [-0.39, 0.29) is 16.7 Å². The number of aromatic nitrogens is 1. The van der Waals surface area contributed by atoms with Crippen molar-refractivity contribution in [3.8, 4) is 0 Å². The van der Waals surface area contributed by atoms with E-state index >= 15 is 0 Å². The van der Waals surface area contributed by atoms with Crippen molar-refractivity contribution in [3.63, 3.8) is 0 Å². The first-order valence-corrected chi connectivity index (χ1v) is 10.8. The summed E-state index contributed by atoms with van der Waals surface area (Å²) >= 11 is 0. The van der Waals surface area contributed by atoms with Crippen LogP contribution in [0.2, 0.25) is 0 Å². The van der Waals surface area contributed by atoms with Gasteiger partial charge in [-0.2, -0.15) is 0 Å². The summed E-state index contributed by atoms with van der Waals surface area (Å²) in [5, 5.41) is 14.3. The molecular formula is C23H30N2O3. The highest BCUT2D eigenvalue weighted by Gasteiger charge is 2.64. The Balaban J connectivity index is 1.21. The van der Waals surface area contributed by atoms with Gasteiger partial charge in [-0.05, 0) is 68.4 Å². The molecule has 4 aliphatic rings. The zero-order chi connectivity index (χ0) is 19.4. The highest BCUT2D eigenvalue weighted by molar-refractivity contribution is 5.83. The molecule has 1 aromatic carbocycles. The van der Waals surface area contributed by atoms with Gasteiger partial charge in [0.15, 0.2) is 11.5 Å². The zero-order valence-corrected chi connectivity index (χ0v) is 16.7. The second-order valence-corrected chi connectivity index (χ2v) is 9.80. The van der Waals surface area contributed by atoms with Crippen LogP contribution in [-0.4, -0.2) is 28.1 Å². The Morgan fingerprint density at radius 1 is 1.25 bits per heavy atom. The lowest BCUT2D eigenvalue weighted by atomic mass is 9.42. The third kappa shape index (κ3) is 2.95. The largest absolute Gasteiger partial charge is 0.441 e. The number of benzene rings is 1. The van der Waals surface area contributed by atoms with Gasteiger partial charge in [-0.1, -0.05) is 25.5 Å². The lowest BCUT2D eigenvalue weighted by Crippen LogP contribution is -2.63. The number of oxazole rings is 1. The van der Waals surface area contributed by atoms with Crippen LogP contribution in [0.15, 0.2) is 28.7 Å². The third-order valence-corrected chi connectivity index (χ3v) is 7.58. The fraction of sp³-hybridized carbons (Fsp3) is 0.652. The molecule has 4 saturated carbocycles. The lowest BCUT2D eigenvalue weighted by molar-refractivity contribution is -0.204. The molecule has 1 heterocycles. The van der Waals surface area contributed by atoms with Crippen molar-refractivity contribution >= 4 is 17.0 Å². The van der Waals surface area contributed by atoms with Gasteiger partial charge in [0.2, 0.25) is 5.91 Å². The van der Waals surface area contributed by atoms with Gasteiger partial charge in [0.05, 0.1) is 11.0 Å². The molecule has 1 aromatic heterocycles. The number of carbonyl (C=O) groups is 1. The van der Waals surface area contributed by atoms with E-state index in [4.69, 9.17) is 4.42 Å². The number of fused-ring (bicyclic) bond motifs is 1. The van der Waals surface area contributed by atoms with Crippen molar-refractivity contribution in [2.24, 2.45) is 16.7 Å². The predicted molar refractivity (Wildman–Crippen MR) is 107 cm³/mol. The maximum atomic E-state index is 13.2. The average Bonchev–Trinajstić information content (AvgIpc) is 3.06. The molecule has 0 saturated heterocycles. The SMILES string of the molecule is CCC12CC3CC(O)(C1)CC(C(=O)NCCCc1nc4ccccc4o1)(C3)C2. The van der Waals surface area contributed by atoms with Crippen LogP contribution < -0.4 is 5.32 Å². The van der Waals surface area contributed by atoms with Crippen LogP contribution in [0, 0.1) is 16.7 Å². The molecule has 4 fully saturated rings. The molecule has 5 heteroatoms. The molecule has 0 radical (unpaired) electrons. The molecule has 1 amide bonds. The van der Waals surface area contributed by atoms with Gasteiger partial charge in [-0.25, -0.2) is 4.98 Å². The van der Waals surface area contributed by atoms with Gasteiger partial charge >= 0.3 is 0 Å². The lowest BCUT2D eigenvalue weighted by Gasteiger charge is -2.64. The van der Waals surface area contributed by atoms with Crippen LogP contribution in [0.3, 0.4) is 0 Å². The summed E-state index contributed by atoms with van der Waals surface area (Å²) in [4.78, 5) is 17.7. The number of aryl methyl sites for hydroxylation is 1. The van der Waals surface area contributed by atoms with Gasteiger partial charge in [-0.3, -0.25) is 4.79 Å². The van der Waals surface area contributed by atoms with E-state index in [1.807, 2.05) is 24.3 Å². The number of nitrogens with one attached hydrogen (secondary N) is 1. The molecule has 28 heavy (non-hydrogen) atoms. The van der Waals surface area contributed by atoms with Gasteiger partial charge in [0.25, 0.3) is 0 Å². The maximum absolute atomic E-state index is 13.2. The van der Waals surface area contributed by atoms with Crippen LogP contribution in [0.5, 0.6) is 0 Å². The number of amides is 1. The monoisotopic (exact) mass is 382 g/mol. The molecule has 6 rings (SSSR count). The molecule has 0 aliphatic heterocycles. The van der Waals surface area contributed by atoms with Crippen molar-refractivity contribution in [1.82, 2.24) is 10.3 Å². The fourth-order valence-corrected chi connectivity index (χ4v) is 6.89. The van der Waals surface area contributed by atoms with Gasteiger partial charge in [0.1, 0.15) is 5.52 Å². The second kappa shape index (κ2) is 6.31. The van der Waals surface area contributed by atoms with Crippen molar-refractivity contribution < 1.29 is 14.3 Å². The van der Waals surface area contributed by atoms with Crippen LogP contribution in [0.25, 0.3) is 11.1 Å². The Morgan fingerprint density at radius 2 is 2.11 bits per heavy atom. The molecule has 4 atom stereocenters. The Morgan fingerprint density at radius 3 is 2.89 bits per heavy atom. The molecule has 5 nitrogen and oxygen atoms in total. The zero-order valence-electron chi connectivity index (χ0n) is 16.7. The minimum atomic E-state index is -0.620. The summed E-state index contributed by atoms with van der Waals surface area (Å²) in [5.74, 6) is 1.39. The summed E-state index contributed by atoms with van der Waals surface area (Å²) in [6.45, 7) is 2.85. The molecule has 4 bridgehead atoms. The topological polar surface area (TPSA) is 75.4 Å². The minimum Gasteiger partial charge on any atom is -0.441 e. The molecule has 4 aliphatic carbocycles. The van der Waals surface area contributed by atoms with Gasteiger partial charge in [-0.15, -0.1) is 0 Å². The normalized spacial score (nSPS) is 36.1. The van der Waals surface area contributed by atoms with E-state index in [1.54, 1.807) is 0 Å². The summed E-state index contributed by atoms with van der Waals surface area (Å²) in [5.41, 5.74) is 0.887. The third-order valence-electron chi connectivity index (χ3n) is 7.58. The molecule has 2 aromatic rings. The highest BCUT2D eigenvalue weighted by Crippen LogP contribution is 2.67. The van der Waals surface area contributed by atoms with E-state index in [2.05, 4.69) is 17.2 Å². The van der Waals surface area contributed by atoms with E-state index in [9.17, 15) is 9.90 Å². The molecule has 150 valence electrons. The molecule has 0 spiro atoms. The van der Waals surface area contributed by atoms with E-state index < -0.39 is 5.60 Å². The van der Waals surface area contributed by atoms with E-state index in [0.29, 0.717) is 25.3 Å². The summed E-state index contributed by atoms with van der Waals surface area (Å²) < 4.78 is 5.76. The van der Waals surface area contributed by atoms with Crippen molar-refractivity contribution in [2.45, 2.75) is 70.3 Å². The predicted octanol–water partition coefficient (Wildman–Crippen LogP) is 3.99. The fourth-order valence-electron chi connectivity index (χ4n) is 6.89. The Hall–Kier alpha value is -1.88. The number of hydrogen-bond donors (Lipinski definition) is 2. The van der Waals surface area contributed by atoms with E-state index in [1.165, 1.54) is 6.42 Å². The first-order valence-electron chi connectivity index (χ1n) is 10.8. The molecule has 4 unspecified atom stereocenters. The number of aliphatic hydroxyl groups is 1. The van der Waals surface area contributed by atoms with Crippen LogP contribution in [-0.2, 0) is 11.2 Å². The Bertz CT molecular complexity index is 875. The average molecular weight is 383 g/mol. The number of para-hydroxylation sites is 2. The molecular weight excluding hydrogens is 352 g/mol. The van der Waals surface area contributed by atoms with Crippen molar-refractivity contribution in [1.29, 1.82) is 0 Å². The van der Waals surface area contributed by atoms with Crippen LogP contribution in [0.1, 0.15) is 64.2 Å².